The van der Waals surface area contributed by atoms with Gasteiger partial charge in [-0.15, -0.1) is 0 Å². The lowest BCUT2D eigenvalue weighted by molar-refractivity contribution is -0.245. The van der Waals surface area contributed by atoms with Crippen molar-refractivity contribution in [2.75, 3.05) is 6.61 Å². The summed E-state index contributed by atoms with van der Waals surface area (Å²) in [6.07, 6.45) is 12.4. The lowest BCUT2D eigenvalue weighted by Crippen LogP contribution is -2.29. The molecule has 1 fully saturated rings. The first-order valence-electron chi connectivity index (χ1n) is 5.85. The molecule has 2 aliphatic carbocycles. The molecule has 2 heteroatoms. The molecule has 0 spiro atoms. The molecular formula is C12H20O2. The fraction of sp³-hybridized carbons (Fsp3) is 0.833. The second-order valence-electron chi connectivity index (χ2n) is 4.65. The Balaban J connectivity index is 1.92. The van der Waals surface area contributed by atoms with Gasteiger partial charge in [0.2, 0.25) is 0 Å². The van der Waals surface area contributed by atoms with Crippen LogP contribution in [0.2, 0.25) is 0 Å². The van der Waals surface area contributed by atoms with Gasteiger partial charge in [0.15, 0.2) is 0 Å². The van der Waals surface area contributed by atoms with Gasteiger partial charge in [0.05, 0.1) is 6.61 Å². The number of fused-ring (bicyclic) bond motifs is 1. The van der Waals surface area contributed by atoms with E-state index in [4.69, 9.17) is 5.26 Å². The first-order valence-corrected chi connectivity index (χ1v) is 5.85. The lowest BCUT2D eigenvalue weighted by Gasteiger charge is -2.38. The van der Waals surface area contributed by atoms with Gasteiger partial charge in [-0.1, -0.05) is 25.0 Å². The van der Waals surface area contributed by atoms with Crippen molar-refractivity contribution in [1.29, 1.82) is 0 Å². The van der Waals surface area contributed by atoms with Crippen molar-refractivity contribution in [3.8, 4) is 0 Å². The Bertz CT molecular complexity index is 200. The summed E-state index contributed by atoms with van der Waals surface area (Å²) in [6, 6.07) is 0. The van der Waals surface area contributed by atoms with E-state index in [1.54, 1.807) is 0 Å². The van der Waals surface area contributed by atoms with E-state index >= 15 is 0 Å². The Morgan fingerprint density at radius 1 is 1.29 bits per heavy atom. The molecule has 14 heavy (non-hydrogen) atoms. The second kappa shape index (κ2) is 4.94. The minimum Gasteiger partial charge on any atom is -0.252 e. The summed E-state index contributed by atoms with van der Waals surface area (Å²) in [7, 11) is 0. The van der Waals surface area contributed by atoms with Gasteiger partial charge in [-0.05, 0) is 43.4 Å². The van der Waals surface area contributed by atoms with Crippen molar-refractivity contribution in [3.63, 3.8) is 0 Å². The van der Waals surface area contributed by atoms with Gasteiger partial charge in [0, 0.05) is 0 Å². The van der Waals surface area contributed by atoms with E-state index in [9.17, 15) is 0 Å². The van der Waals surface area contributed by atoms with Crippen LogP contribution >= 0.6 is 0 Å². The molecule has 0 aromatic carbocycles. The highest BCUT2D eigenvalue weighted by Crippen LogP contribution is 2.42. The van der Waals surface area contributed by atoms with Gasteiger partial charge in [0.25, 0.3) is 0 Å². The smallest absolute Gasteiger partial charge is 0.0822 e. The average molecular weight is 196 g/mol. The maximum absolute atomic E-state index is 8.38. The van der Waals surface area contributed by atoms with Gasteiger partial charge in [0.1, 0.15) is 0 Å². The molecule has 0 aromatic heterocycles. The van der Waals surface area contributed by atoms with Crippen LogP contribution in [0, 0.1) is 17.8 Å². The molecule has 1 saturated carbocycles. The number of allylic oxidation sites excluding steroid dienone is 2. The van der Waals surface area contributed by atoms with Crippen molar-refractivity contribution in [1.82, 2.24) is 0 Å². The minimum absolute atomic E-state index is 0.512. The minimum atomic E-state index is 0.512. The highest BCUT2D eigenvalue weighted by Gasteiger charge is 2.32. The zero-order valence-corrected chi connectivity index (χ0v) is 8.69. The van der Waals surface area contributed by atoms with Gasteiger partial charge in [-0.25, -0.2) is 4.89 Å². The van der Waals surface area contributed by atoms with Crippen molar-refractivity contribution >= 4 is 0 Å². The summed E-state index contributed by atoms with van der Waals surface area (Å²) in [6.45, 7) is 0.512. The molecule has 2 nitrogen and oxygen atoms in total. The van der Waals surface area contributed by atoms with Gasteiger partial charge >= 0.3 is 0 Å². The topological polar surface area (TPSA) is 29.5 Å². The molecule has 0 heterocycles. The van der Waals surface area contributed by atoms with Crippen LogP contribution in [0.1, 0.15) is 38.5 Å². The van der Waals surface area contributed by atoms with Crippen molar-refractivity contribution in [2.45, 2.75) is 38.5 Å². The highest BCUT2D eigenvalue weighted by molar-refractivity contribution is 5.00. The quantitative estimate of drug-likeness (QED) is 0.426. The van der Waals surface area contributed by atoms with Gasteiger partial charge < -0.3 is 0 Å². The zero-order chi connectivity index (χ0) is 9.80. The molecule has 0 amide bonds. The van der Waals surface area contributed by atoms with E-state index in [0.29, 0.717) is 6.61 Å². The number of hydrogen-bond donors (Lipinski definition) is 1. The largest absolute Gasteiger partial charge is 0.252 e. The first kappa shape index (κ1) is 10.2. The van der Waals surface area contributed by atoms with Gasteiger partial charge in [-0.2, -0.15) is 0 Å². The predicted molar refractivity (Wildman–Crippen MR) is 55.9 cm³/mol. The Morgan fingerprint density at radius 2 is 2.21 bits per heavy atom. The van der Waals surface area contributed by atoms with E-state index in [1.807, 2.05) is 0 Å². The Labute approximate surface area is 85.9 Å². The van der Waals surface area contributed by atoms with Crippen LogP contribution in [-0.4, -0.2) is 11.9 Å². The monoisotopic (exact) mass is 196 g/mol. The molecule has 0 bridgehead atoms. The molecule has 2 rings (SSSR count). The van der Waals surface area contributed by atoms with Crippen LogP contribution < -0.4 is 0 Å². The molecule has 0 aromatic rings. The molecule has 0 radical (unpaired) electrons. The molecule has 0 aliphatic heterocycles. The third-order valence-electron chi connectivity index (χ3n) is 3.90. The normalized spacial score (nSPS) is 36.8. The molecule has 3 unspecified atom stereocenters. The predicted octanol–water partition coefficient (Wildman–Crippen LogP) is 3.25. The first-order chi connectivity index (χ1) is 6.92. The highest BCUT2D eigenvalue weighted by atomic mass is 17.1. The van der Waals surface area contributed by atoms with Crippen LogP contribution in [0.3, 0.4) is 0 Å². The van der Waals surface area contributed by atoms with E-state index in [1.165, 1.54) is 32.1 Å². The third-order valence-corrected chi connectivity index (χ3v) is 3.90. The van der Waals surface area contributed by atoms with Crippen molar-refractivity contribution in [2.24, 2.45) is 17.8 Å². The van der Waals surface area contributed by atoms with Crippen molar-refractivity contribution in [3.05, 3.63) is 12.2 Å². The van der Waals surface area contributed by atoms with Gasteiger partial charge in [-0.3, -0.25) is 5.26 Å². The summed E-state index contributed by atoms with van der Waals surface area (Å²) in [5, 5.41) is 8.38. The standard InChI is InChI=1S/C12H20O2/c13-14-9-8-11-6-3-5-10-4-1-2-7-12(10)11/h1,4,10-13H,2-3,5-9H2. The van der Waals surface area contributed by atoms with Crippen LogP contribution in [0.4, 0.5) is 0 Å². The number of rotatable bonds is 3. The SMILES string of the molecule is OOCCC1CCCC2C=CCCC21. The summed E-state index contributed by atoms with van der Waals surface area (Å²) >= 11 is 0. The van der Waals surface area contributed by atoms with Crippen LogP contribution in [0.5, 0.6) is 0 Å². The molecule has 3 atom stereocenters. The summed E-state index contributed by atoms with van der Waals surface area (Å²) < 4.78 is 0. The Kier molecular flexibility index (Phi) is 3.60. The van der Waals surface area contributed by atoms with E-state index in [2.05, 4.69) is 17.0 Å². The Hall–Kier alpha value is -0.340. The average Bonchev–Trinajstić information content (AvgIpc) is 2.26. The maximum Gasteiger partial charge on any atom is 0.0822 e. The molecule has 0 saturated heterocycles. The van der Waals surface area contributed by atoms with Crippen LogP contribution in [-0.2, 0) is 4.89 Å². The molecule has 2 aliphatic rings. The summed E-state index contributed by atoms with van der Waals surface area (Å²) in [4.78, 5) is 4.21. The second-order valence-corrected chi connectivity index (χ2v) is 4.65. The summed E-state index contributed by atoms with van der Waals surface area (Å²) in [5.41, 5.74) is 0. The summed E-state index contributed by atoms with van der Waals surface area (Å²) in [5.74, 6) is 2.47. The molecule has 80 valence electrons. The maximum atomic E-state index is 8.38. The van der Waals surface area contributed by atoms with Crippen LogP contribution in [0.15, 0.2) is 12.2 Å². The zero-order valence-electron chi connectivity index (χ0n) is 8.69. The fourth-order valence-corrected chi connectivity index (χ4v) is 3.20. The lowest BCUT2D eigenvalue weighted by atomic mass is 9.67. The fourth-order valence-electron chi connectivity index (χ4n) is 3.20. The molecule has 1 N–H and O–H groups in total. The Morgan fingerprint density at radius 3 is 3.07 bits per heavy atom. The number of hydrogen-bond acceptors (Lipinski definition) is 2. The third kappa shape index (κ3) is 2.18. The van der Waals surface area contributed by atoms with E-state index in [-0.39, 0.29) is 0 Å². The molecular weight excluding hydrogens is 176 g/mol. The van der Waals surface area contributed by atoms with E-state index < -0.39 is 0 Å². The van der Waals surface area contributed by atoms with E-state index in [0.717, 1.165) is 24.2 Å². The van der Waals surface area contributed by atoms with Crippen LogP contribution in [0.25, 0.3) is 0 Å². The van der Waals surface area contributed by atoms with Crippen molar-refractivity contribution < 1.29 is 10.1 Å².